The molecule has 6 heteroatoms. The van der Waals surface area contributed by atoms with Crippen LogP contribution in [0.25, 0.3) is 0 Å². The molecule has 4 N–H and O–H groups in total. The molecule has 0 radical (unpaired) electrons. The van der Waals surface area contributed by atoms with Crippen LogP contribution in [0.2, 0.25) is 0 Å². The van der Waals surface area contributed by atoms with Crippen molar-refractivity contribution in [3.63, 3.8) is 0 Å². The van der Waals surface area contributed by atoms with Crippen LogP contribution in [0.3, 0.4) is 0 Å². The monoisotopic (exact) mass is 502 g/mol. The zero-order valence-electron chi connectivity index (χ0n) is 23.7. The topological polar surface area (TPSA) is 76.3 Å². The largest absolute Gasteiger partial charge is 0.397 e. The van der Waals surface area contributed by atoms with Crippen LogP contribution in [-0.4, -0.2) is 34.6 Å². The summed E-state index contributed by atoms with van der Waals surface area (Å²) >= 11 is 0. The van der Waals surface area contributed by atoms with Gasteiger partial charge < -0.3 is 15.3 Å². The van der Waals surface area contributed by atoms with Gasteiger partial charge in [-0.1, -0.05) is 57.9 Å². The summed E-state index contributed by atoms with van der Waals surface area (Å²) in [5.41, 5.74) is 14.5. The number of nitrogens with two attached hydrogens (primary N) is 2. The van der Waals surface area contributed by atoms with E-state index in [1.807, 2.05) is 19.3 Å². The maximum absolute atomic E-state index is 6.56. The van der Waals surface area contributed by atoms with Gasteiger partial charge in [-0.2, -0.15) is 0 Å². The van der Waals surface area contributed by atoms with Crippen molar-refractivity contribution in [2.45, 2.75) is 79.3 Å². The maximum atomic E-state index is 6.56. The molecular weight excluding hydrogens is 456 g/mol. The number of imidazole rings is 1. The van der Waals surface area contributed by atoms with Crippen LogP contribution >= 0.6 is 0 Å². The number of hydrazine groups is 1. The molecule has 0 saturated carbocycles. The number of likely N-dealkylation sites (tertiary alicyclic amines) is 1. The highest BCUT2D eigenvalue weighted by Crippen LogP contribution is 2.44. The summed E-state index contributed by atoms with van der Waals surface area (Å²) in [7, 11) is 1.83. The highest BCUT2D eigenvalue weighted by molar-refractivity contribution is 5.72. The second-order valence-electron chi connectivity index (χ2n) is 12.0. The predicted molar refractivity (Wildman–Crippen MR) is 156 cm³/mol. The van der Waals surface area contributed by atoms with Crippen molar-refractivity contribution in [3.05, 3.63) is 76.4 Å². The number of nitrogens with zero attached hydrogens (tertiary/aromatic N) is 4. The number of nitrogen functional groups attached to an aromatic ring is 1. The van der Waals surface area contributed by atoms with Crippen molar-refractivity contribution < 1.29 is 0 Å². The van der Waals surface area contributed by atoms with E-state index in [9.17, 15) is 0 Å². The lowest BCUT2D eigenvalue weighted by Gasteiger charge is -2.34. The summed E-state index contributed by atoms with van der Waals surface area (Å²) in [4.78, 5) is 7.32. The molecule has 1 aromatic heterocycles. The summed E-state index contributed by atoms with van der Waals surface area (Å²) in [6, 6.07) is 11.2. The average molecular weight is 503 g/mol. The third-order valence-corrected chi connectivity index (χ3v) is 8.00. The fourth-order valence-electron chi connectivity index (χ4n) is 5.85. The van der Waals surface area contributed by atoms with E-state index in [2.05, 4.69) is 74.5 Å². The molecule has 1 fully saturated rings. The first-order valence-corrected chi connectivity index (χ1v) is 13.8. The van der Waals surface area contributed by atoms with E-state index >= 15 is 0 Å². The van der Waals surface area contributed by atoms with Crippen molar-refractivity contribution in [3.8, 4) is 0 Å². The van der Waals surface area contributed by atoms with Gasteiger partial charge in [0, 0.05) is 31.9 Å². The van der Waals surface area contributed by atoms with E-state index in [0.717, 1.165) is 35.9 Å². The van der Waals surface area contributed by atoms with Gasteiger partial charge >= 0.3 is 0 Å². The Balaban J connectivity index is 1.66. The minimum atomic E-state index is 0.00674. The molecule has 0 spiro atoms. The lowest BCUT2D eigenvalue weighted by atomic mass is 9.71. The number of anilines is 2. The molecule has 0 bridgehead atoms. The second-order valence-corrected chi connectivity index (χ2v) is 12.0. The van der Waals surface area contributed by atoms with Crippen molar-refractivity contribution in [1.29, 1.82) is 0 Å². The molecule has 200 valence electrons. The molecule has 3 aromatic rings. The van der Waals surface area contributed by atoms with E-state index in [-0.39, 0.29) is 11.3 Å². The van der Waals surface area contributed by atoms with Gasteiger partial charge in [-0.15, -0.1) is 0 Å². The molecular formula is C31H46N6. The normalized spacial score (nSPS) is 16.0. The molecule has 2 heterocycles. The quantitative estimate of drug-likeness (QED) is 0.236. The first-order valence-electron chi connectivity index (χ1n) is 13.8. The van der Waals surface area contributed by atoms with E-state index < -0.39 is 0 Å². The van der Waals surface area contributed by atoms with Crippen LogP contribution in [0.4, 0.5) is 11.4 Å². The Hall–Kier alpha value is -2.83. The van der Waals surface area contributed by atoms with Gasteiger partial charge in [-0.3, -0.25) is 4.90 Å². The van der Waals surface area contributed by atoms with Crippen LogP contribution in [0.5, 0.6) is 0 Å². The Morgan fingerprint density at radius 2 is 1.70 bits per heavy atom. The van der Waals surface area contributed by atoms with Crippen LogP contribution in [-0.2, 0) is 13.1 Å². The van der Waals surface area contributed by atoms with E-state index in [1.165, 1.54) is 61.0 Å². The Kier molecular flexibility index (Phi) is 8.29. The molecule has 37 heavy (non-hydrogen) atoms. The second kappa shape index (κ2) is 11.3. The first kappa shape index (κ1) is 27.2. The fourth-order valence-corrected chi connectivity index (χ4v) is 5.85. The molecule has 4 rings (SSSR count). The van der Waals surface area contributed by atoms with Gasteiger partial charge in [0.25, 0.3) is 0 Å². The molecule has 2 aromatic carbocycles. The highest BCUT2D eigenvalue weighted by atomic mass is 15.4. The van der Waals surface area contributed by atoms with Gasteiger partial charge in [0.1, 0.15) is 5.82 Å². The molecule has 0 amide bonds. The van der Waals surface area contributed by atoms with Crippen molar-refractivity contribution in [2.75, 3.05) is 30.9 Å². The van der Waals surface area contributed by atoms with E-state index in [4.69, 9.17) is 16.6 Å². The van der Waals surface area contributed by atoms with E-state index in [0.29, 0.717) is 0 Å². The van der Waals surface area contributed by atoms with Gasteiger partial charge in [0.2, 0.25) is 0 Å². The number of aromatic nitrogens is 2. The number of benzene rings is 2. The van der Waals surface area contributed by atoms with Gasteiger partial charge in [0.15, 0.2) is 0 Å². The Morgan fingerprint density at radius 3 is 2.35 bits per heavy atom. The smallest absolute Gasteiger partial charge is 0.123 e. The molecule has 0 aliphatic carbocycles. The van der Waals surface area contributed by atoms with Crippen molar-refractivity contribution >= 4 is 11.4 Å². The van der Waals surface area contributed by atoms with E-state index in [1.54, 1.807) is 5.01 Å². The maximum Gasteiger partial charge on any atom is 0.123 e. The Labute approximate surface area is 223 Å². The summed E-state index contributed by atoms with van der Waals surface area (Å²) in [6.07, 6.45) is 9.37. The van der Waals surface area contributed by atoms with Crippen molar-refractivity contribution in [2.24, 2.45) is 11.3 Å². The minimum Gasteiger partial charge on any atom is -0.397 e. The van der Waals surface area contributed by atoms with Gasteiger partial charge in [-0.05, 0) is 79.1 Å². The summed E-state index contributed by atoms with van der Waals surface area (Å²) in [5, 5.41) is 1.59. The van der Waals surface area contributed by atoms with Crippen LogP contribution in [0, 0.1) is 19.3 Å². The zero-order valence-corrected chi connectivity index (χ0v) is 23.7. The minimum absolute atomic E-state index is 0.00674. The third kappa shape index (κ3) is 6.19. The summed E-state index contributed by atoms with van der Waals surface area (Å²) in [6.45, 7) is 15.4. The fraction of sp³-hybridized carbons (Fsp3) is 0.516. The molecule has 1 unspecified atom stereocenters. The lowest BCUT2D eigenvalue weighted by molar-refractivity contribution is 0.266. The molecule has 1 atom stereocenters. The molecule has 6 nitrogen and oxygen atoms in total. The van der Waals surface area contributed by atoms with Crippen LogP contribution in [0.15, 0.2) is 42.7 Å². The number of hydrogen-bond acceptors (Lipinski definition) is 5. The highest BCUT2D eigenvalue weighted by Gasteiger charge is 2.30. The summed E-state index contributed by atoms with van der Waals surface area (Å²) < 4.78 is 2.33. The van der Waals surface area contributed by atoms with Gasteiger partial charge in [0.05, 0.1) is 17.9 Å². The number of aryl methyl sites for hydroxylation is 1. The zero-order chi connectivity index (χ0) is 26.7. The standard InChI is InChI=1S/C31H46N6/c1-22-11-12-24(29(31(3,4)5)26-13-14-27(35(6)33)30(32)23(26)2)19-25(22)20-37-18-15-34-28(37)21-36-16-9-7-8-10-17-36/h11-15,18-19,29H,7-10,16-17,20-21,32-33H2,1-6H3. The van der Waals surface area contributed by atoms with Crippen molar-refractivity contribution in [1.82, 2.24) is 14.5 Å². The van der Waals surface area contributed by atoms with Gasteiger partial charge in [-0.25, -0.2) is 10.8 Å². The van der Waals surface area contributed by atoms with Crippen LogP contribution in [0.1, 0.15) is 86.0 Å². The predicted octanol–water partition coefficient (Wildman–Crippen LogP) is 5.99. The lowest BCUT2D eigenvalue weighted by Crippen LogP contribution is -2.27. The third-order valence-electron chi connectivity index (χ3n) is 8.00. The Bertz CT molecular complexity index is 1190. The average Bonchev–Trinajstić information content (AvgIpc) is 3.09. The Morgan fingerprint density at radius 1 is 1.00 bits per heavy atom. The molecule has 1 saturated heterocycles. The SMILES string of the molecule is Cc1ccc(C(c2ccc(N(C)N)c(N)c2C)C(C)(C)C)cc1Cn1ccnc1CN1CCCCCC1. The first-order chi connectivity index (χ1) is 17.6. The molecule has 1 aliphatic heterocycles. The number of hydrogen-bond donors (Lipinski definition) is 2. The molecule has 1 aliphatic rings. The van der Waals surface area contributed by atoms with Crippen LogP contribution < -0.4 is 16.6 Å². The number of rotatable bonds is 7. The summed E-state index contributed by atoms with van der Waals surface area (Å²) in [5.74, 6) is 7.39.